The molecule has 33 heavy (non-hydrogen) atoms. The van der Waals surface area contributed by atoms with Crippen LogP contribution in [0, 0.1) is 0 Å². The molecule has 2 aromatic carbocycles. The highest BCUT2D eigenvalue weighted by atomic mass is 35.5. The van der Waals surface area contributed by atoms with Crippen LogP contribution in [0.5, 0.6) is 11.5 Å². The second kappa shape index (κ2) is 11.1. The minimum atomic E-state index is -0.0869. The van der Waals surface area contributed by atoms with Crippen LogP contribution < -0.4 is 9.47 Å². The molecular weight excluding hydrogens is 501 g/mol. The third kappa shape index (κ3) is 6.03. The maximum atomic E-state index is 12.9. The summed E-state index contributed by atoms with van der Waals surface area (Å²) >= 11 is 19.0. The van der Waals surface area contributed by atoms with Crippen LogP contribution in [0.4, 0.5) is 0 Å². The van der Waals surface area contributed by atoms with Crippen LogP contribution in [-0.2, 0) is 16.1 Å². The molecule has 0 bridgehead atoms. The van der Waals surface area contributed by atoms with E-state index >= 15 is 0 Å². The van der Waals surface area contributed by atoms with Gasteiger partial charge >= 0.3 is 0 Å². The Bertz CT molecular complexity index is 1090. The van der Waals surface area contributed by atoms with Crippen molar-refractivity contribution < 1.29 is 19.0 Å². The first kappa shape index (κ1) is 24.4. The van der Waals surface area contributed by atoms with Gasteiger partial charge in [-0.25, -0.2) is 0 Å². The Morgan fingerprint density at radius 3 is 2.79 bits per heavy atom. The second-order valence-corrected chi connectivity index (χ2v) is 10.1. The fraction of sp³-hybridized carbons (Fsp3) is 0.333. The first-order valence-corrected chi connectivity index (χ1v) is 12.6. The molecule has 2 fully saturated rings. The molecule has 2 aliphatic heterocycles. The van der Waals surface area contributed by atoms with Crippen molar-refractivity contribution in [2.24, 2.45) is 0 Å². The number of benzene rings is 2. The van der Waals surface area contributed by atoms with Gasteiger partial charge in [0.1, 0.15) is 10.9 Å². The van der Waals surface area contributed by atoms with E-state index in [1.54, 1.807) is 17.0 Å². The zero-order chi connectivity index (χ0) is 23.4. The Hall–Kier alpha value is -1.77. The highest BCUT2D eigenvalue weighted by Crippen LogP contribution is 2.36. The molecule has 2 heterocycles. The summed E-state index contributed by atoms with van der Waals surface area (Å²) in [6.45, 7) is 3.91. The van der Waals surface area contributed by atoms with Crippen molar-refractivity contribution in [3.63, 3.8) is 0 Å². The molecule has 0 saturated carbocycles. The first-order valence-electron chi connectivity index (χ1n) is 10.6. The van der Waals surface area contributed by atoms with Gasteiger partial charge in [0.25, 0.3) is 5.91 Å². The summed E-state index contributed by atoms with van der Waals surface area (Å²) in [6.07, 6.45) is 3.86. The summed E-state index contributed by atoms with van der Waals surface area (Å²) in [7, 11) is 0. The van der Waals surface area contributed by atoms with Gasteiger partial charge in [-0.15, -0.1) is 0 Å². The molecule has 0 radical (unpaired) electrons. The average molecular weight is 524 g/mol. The Labute approximate surface area is 213 Å². The van der Waals surface area contributed by atoms with Gasteiger partial charge in [0.15, 0.2) is 11.5 Å². The summed E-state index contributed by atoms with van der Waals surface area (Å²) in [5.41, 5.74) is 1.65. The largest absolute Gasteiger partial charge is 0.490 e. The highest BCUT2D eigenvalue weighted by molar-refractivity contribution is 8.26. The van der Waals surface area contributed by atoms with Crippen molar-refractivity contribution >= 4 is 63.5 Å². The molecule has 2 aliphatic rings. The smallest absolute Gasteiger partial charge is 0.266 e. The normalized spacial score (nSPS) is 19.5. The van der Waals surface area contributed by atoms with Gasteiger partial charge in [-0.3, -0.25) is 9.69 Å². The van der Waals surface area contributed by atoms with Gasteiger partial charge in [-0.2, -0.15) is 0 Å². The van der Waals surface area contributed by atoms with Crippen molar-refractivity contribution in [1.82, 2.24) is 4.90 Å². The lowest BCUT2D eigenvalue weighted by Gasteiger charge is -2.18. The molecule has 0 N–H and O–H groups in total. The molecule has 9 heteroatoms. The summed E-state index contributed by atoms with van der Waals surface area (Å²) < 4.78 is 18.0. The number of amides is 1. The minimum absolute atomic E-state index is 0.0574. The monoisotopic (exact) mass is 523 g/mol. The molecule has 1 atom stereocenters. The van der Waals surface area contributed by atoms with Gasteiger partial charge in [0.05, 0.1) is 24.2 Å². The topological polar surface area (TPSA) is 48.0 Å². The van der Waals surface area contributed by atoms with Crippen LogP contribution in [0.2, 0.25) is 10.0 Å². The summed E-state index contributed by atoms with van der Waals surface area (Å²) in [5, 5.41) is 1.12. The number of hydrogen-bond donors (Lipinski definition) is 0. The quantitative estimate of drug-likeness (QED) is 0.296. The van der Waals surface area contributed by atoms with E-state index in [0.29, 0.717) is 43.9 Å². The second-order valence-electron chi connectivity index (χ2n) is 7.59. The number of carbonyl (C=O) groups excluding carboxylic acids is 1. The first-order chi connectivity index (χ1) is 15.9. The molecule has 0 unspecified atom stereocenters. The van der Waals surface area contributed by atoms with Gasteiger partial charge in [0, 0.05) is 22.2 Å². The van der Waals surface area contributed by atoms with E-state index in [-0.39, 0.29) is 18.6 Å². The SMILES string of the molecule is CCOc1cc(/C=C2\SC(=S)N(C[C@H]3CCCO3)C2=O)ccc1OCc1ccc(Cl)cc1Cl. The summed E-state index contributed by atoms with van der Waals surface area (Å²) in [5.74, 6) is 1.09. The fourth-order valence-electron chi connectivity index (χ4n) is 3.60. The molecule has 0 aliphatic carbocycles. The summed E-state index contributed by atoms with van der Waals surface area (Å²) in [6, 6.07) is 10.9. The van der Waals surface area contributed by atoms with E-state index in [1.165, 1.54) is 11.8 Å². The standard InChI is InChI=1S/C24H23Cl2NO4S2/c1-2-29-21-10-15(5-8-20(21)31-14-16-6-7-17(25)12-19(16)26)11-22-23(28)27(24(32)33-22)13-18-4-3-9-30-18/h5-8,10-12,18H,2-4,9,13-14H2,1H3/b22-11-/t18-/m1/s1. The third-order valence-corrected chi connectivity index (χ3v) is 7.21. The lowest BCUT2D eigenvalue weighted by molar-refractivity contribution is -0.123. The van der Waals surface area contributed by atoms with Crippen LogP contribution in [0.1, 0.15) is 30.9 Å². The van der Waals surface area contributed by atoms with E-state index < -0.39 is 0 Å². The highest BCUT2D eigenvalue weighted by Gasteiger charge is 2.34. The van der Waals surface area contributed by atoms with Crippen LogP contribution >= 0.6 is 47.2 Å². The molecule has 2 saturated heterocycles. The molecule has 1 amide bonds. The Morgan fingerprint density at radius 2 is 2.06 bits per heavy atom. The Balaban J connectivity index is 1.49. The third-order valence-electron chi connectivity index (χ3n) is 5.25. The molecule has 0 aromatic heterocycles. The van der Waals surface area contributed by atoms with E-state index in [2.05, 4.69) is 0 Å². The molecular formula is C24H23Cl2NO4S2. The number of hydrogen-bond acceptors (Lipinski definition) is 6. The van der Waals surface area contributed by atoms with Gasteiger partial charge < -0.3 is 14.2 Å². The average Bonchev–Trinajstić information content (AvgIpc) is 3.39. The Morgan fingerprint density at radius 1 is 1.21 bits per heavy atom. The lowest BCUT2D eigenvalue weighted by atomic mass is 10.1. The summed E-state index contributed by atoms with van der Waals surface area (Å²) in [4.78, 5) is 15.1. The van der Waals surface area contributed by atoms with Gasteiger partial charge in [0.2, 0.25) is 0 Å². The number of thioether (sulfide) groups is 1. The van der Waals surface area contributed by atoms with Crippen LogP contribution in [0.3, 0.4) is 0 Å². The molecule has 4 rings (SSSR count). The van der Waals surface area contributed by atoms with Crippen molar-refractivity contribution in [3.8, 4) is 11.5 Å². The van der Waals surface area contributed by atoms with Crippen LogP contribution in [0.15, 0.2) is 41.3 Å². The number of thiocarbonyl (C=S) groups is 1. The number of halogens is 2. The number of rotatable bonds is 8. The number of nitrogens with zero attached hydrogens (tertiary/aromatic N) is 1. The number of carbonyl (C=O) groups is 1. The zero-order valence-electron chi connectivity index (χ0n) is 18.0. The lowest BCUT2D eigenvalue weighted by Crippen LogP contribution is -2.35. The maximum Gasteiger partial charge on any atom is 0.266 e. The van der Waals surface area contributed by atoms with Gasteiger partial charge in [-0.05, 0) is 55.7 Å². The zero-order valence-corrected chi connectivity index (χ0v) is 21.2. The molecule has 0 spiro atoms. The fourth-order valence-corrected chi connectivity index (χ4v) is 5.34. The molecule has 5 nitrogen and oxygen atoms in total. The molecule has 2 aromatic rings. The maximum absolute atomic E-state index is 12.9. The van der Waals surface area contributed by atoms with E-state index in [0.717, 1.165) is 30.6 Å². The van der Waals surface area contributed by atoms with Crippen molar-refractivity contribution in [1.29, 1.82) is 0 Å². The van der Waals surface area contributed by atoms with E-state index in [9.17, 15) is 4.79 Å². The van der Waals surface area contributed by atoms with E-state index in [4.69, 9.17) is 49.6 Å². The van der Waals surface area contributed by atoms with Crippen LogP contribution in [-0.4, -0.2) is 41.0 Å². The van der Waals surface area contributed by atoms with E-state index in [1.807, 2.05) is 37.3 Å². The van der Waals surface area contributed by atoms with Crippen molar-refractivity contribution in [2.45, 2.75) is 32.5 Å². The van der Waals surface area contributed by atoms with Crippen LogP contribution in [0.25, 0.3) is 6.08 Å². The number of ether oxygens (including phenoxy) is 3. The minimum Gasteiger partial charge on any atom is -0.490 e. The predicted octanol–water partition coefficient (Wildman–Crippen LogP) is 6.35. The van der Waals surface area contributed by atoms with Crippen molar-refractivity contribution in [3.05, 3.63) is 62.5 Å². The predicted molar refractivity (Wildman–Crippen MR) is 137 cm³/mol. The van der Waals surface area contributed by atoms with Crippen molar-refractivity contribution in [2.75, 3.05) is 19.8 Å². The molecule has 174 valence electrons. The van der Waals surface area contributed by atoms with Gasteiger partial charge in [-0.1, -0.05) is 59.3 Å². The Kier molecular flexibility index (Phi) is 8.20.